The van der Waals surface area contributed by atoms with Gasteiger partial charge >= 0.3 is 0 Å². The molecule has 170 valence electrons. The van der Waals surface area contributed by atoms with E-state index in [4.69, 9.17) is 11.6 Å². The van der Waals surface area contributed by atoms with E-state index in [-0.39, 0.29) is 28.4 Å². The zero-order valence-electron chi connectivity index (χ0n) is 18.5. The van der Waals surface area contributed by atoms with Gasteiger partial charge in [-0.3, -0.25) is 0 Å². The van der Waals surface area contributed by atoms with E-state index in [9.17, 15) is 13.5 Å². The molecule has 0 spiro atoms. The number of rotatable bonds is 4. The predicted octanol–water partition coefficient (Wildman–Crippen LogP) is 4.84. The number of aliphatic hydroxyl groups is 1. The van der Waals surface area contributed by atoms with Crippen LogP contribution in [0.4, 0.5) is 0 Å². The molecule has 2 aromatic carbocycles. The topological polar surface area (TPSA) is 86.3 Å². The summed E-state index contributed by atoms with van der Waals surface area (Å²) in [6.45, 7) is 7.08. The summed E-state index contributed by atoms with van der Waals surface area (Å²) in [6.07, 6.45) is 2.20. The number of aromatic nitrogens is 2. The maximum Gasteiger partial charge on any atom is 0.244 e. The summed E-state index contributed by atoms with van der Waals surface area (Å²) in [5.74, 6) is 0.571. The van der Waals surface area contributed by atoms with Crippen LogP contribution in [-0.2, 0) is 15.4 Å². The molecule has 6 nitrogen and oxygen atoms in total. The largest absolute Gasteiger partial charge is 0.393 e. The van der Waals surface area contributed by atoms with Gasteiger partial charge in [-0.2, -0.15) is 4.31 Å². The summed E-state index contributed by atoms with van der Waals surface area (Å²) in [5.41, 5.74) is 3.73. The Bertz CT molecular complexity index is 1210. The van der Waals surface area contributed by atoms with Crippen molar-refractivity contribution in [2.45, 2.75) is 50.0 Å². The second-order valence-corrected chi connectivity index (χ2v) is 11.6. The number of imidazole rings is 1. The van der Waals surface area contributed by atoms with Gasteiger partial charge in [-0.1, -0.05) is 56.6 Å². The Labute approximate surface area is 194 Å². The number of nitrogens with one attached hydrogen (secondary N) is 1. The lowest BCUT2D eigenvalue weighted by Crippen LogP contribution is -2.40. The van der Waals surface area contributed by atoms with E-state index in [1.54, 1.807) is 18.2 Å². The van der Waals surface area contributed by atoms with Crippen molar-refractivity contribution in [2.24, 2.45) is 0 Å². The quantitative estimate of drug-likeness (QED) is 0.567. The molecule has 4 rings (SSSR count). The van der Waals surface area contributed by atoms with Crippen molar-refractivity contribution < 1.29 is 13.5 Å². The third-order valence-corrected chi connectivity index (χ3v) is 8.25. The van der Waals surface area contributed by atoms with Crippen LogP contribution in [0.5, 0.6) is 0 Å². The van der Waals surface area contributed by atoms with Gasteiger partial charge in [0.15, 0.2) is 0 Å². The van der Waals surface area contributed by atoms with Crippen LogP contribution >= 0.6 is 11.6 Å². The standard InChI is InChI=1S/C24H28ClN3O3S/c1-24(2,3)18-7-4-16(5-8-18)21-15-26-23(27-21)17-6-9-20(25)22(14-17)32(30,31)28-12-10-19(29)11-13-28/h4-9,14-15,19,29H,10-13H2,1-3H3,(H,26,27). The first kappa shape index (κ1) is 23.0. The Morgan fingerprint density at radius 3 is 2.31 bits per heavy atom. The number of halogens is 1. The fraction of sp³-hybridized carbons (Fsp3) is 0.375. The highest BCUT2D eigenvalue weighted by Gasteiger charge is 2.30. The number of hydrogen-bond acceptors (Lipinski definition) is 4. The molecule has 0 unspecified atom stereocenters. The van der Waals surface area contributed by atoms with E-state index in [0.717, 1.165) is 11.3 Å². The highest BCUT2D eigenvalue weighted by molar-refractivity contribution is 7.89. The van der Waals surface area contributed by atoms with Gasteiger partial charge in [-0.25, -0.2) is 13.4 Å². The Morgan fingerprint density at radius 2 is 1.69 bits per heavy atom. The lowest BCUT2D eigenvalue weighted by atomic mass is 9.86. The van der Waals surface area contributed by atoms with Crippen molar-refractivity contribution >= 4 is 21.6 Å². The third-order valence-electron chi connectivity index (χ3n) is 5.87. The monoisotopic (exact) mass is 473 g/mol. The summed E-state index contributed by atoms with van der Waals surface area (Å²) >= 11 is 6.28. The lowest BCUT2D eigenvalue weighted by molar-refractivity contribution is 0.113. The highest BCUT2D eigenvalue weighted by Crippen LogP contribution is 2.32. The summed E-state index contributed by atoms with van der Waals surface area (Å²) < 4.78 is 27.7. The molecule has 2 heterocycles. The fourth-order valence-electron chi connectivity index (χ4n) is 3.83. The molecular formula is C24H28ClN3O3S. The average Bonchev–Trinajstić information content (AvgIpc) is 3.24. The molecule has 0 radical (unpaired) electrons. The van der Waals surface area contributed by atoms with Crippen molar-refractivity contribution in [1.29, 1.82) is 0 Å². The van der Waals surface area contributed by atoms with E-state index in [1.807, 2.05) is 18.3 Å². The second kappa shape index (κ2) is 8.63. The van der Waals surface area contributed by atoms with Crippen LogP contribution in [0.25, 0.3) is 22.6 Å². The molecular weight excluding hydrogens is 446 g/mol. The van der Waals surface area contributed by atoms with Crippen molar-refractivity contribution in [2.75, 3.05) is 13.1 Å². The van der Waals surface area contributed by atoms with E-state index in [1.165, 1.54) is 9.87 Å². The van der Waals surface area contributed by atoms with Crippen molar-refractivity contribution in [1.82, 2.24) is 14.3 Å². The van der Waals surface area contributed by atoms with E-state index in [2.05, 4.69) is 42.9 Å². The summed E-state index contributed by atoms with van der Waals surface area (Å²) in [7, 11) is -3.76. The number of sulfonamides is 1. The fourth-order valence-corrected chi connectivity index (χ4v) is 5.80. The van der Waals surface area contributed by atoms with Crippen LogP contribution in [0, 0.1) is 0 Å². The second-order valence-electron chi connectivity index (χ2n) is 9.24. The van der Waals surface area contributed by atoms with Crippen molar-refractivity contribution in [3.63, 3.8) is 0 Å². The molecule has 32 heavy (non-hydrogen) atoms. The van der Waals surface area contributed by atoms with Crippen molar-refractivity contribution in [3.05, 3.63) is 59.2 Å². The summed E-state index contributed by atoms with van der Waals surface area (Å²) in [5, 5.41) is 9.87. The normalized spacial score (nSPS) is 16.4. The molecule has 0 atom stereocenters. The van der Waals surface area contributed by atoms with Crippen LogP contribution in [0.1, 0.15) is 39.2 Å². The number of aliphatic hydroxyl groups excluding tert-OH is 1. The van der Waals surface area contributed by atoms with Gasteiger partial charge < -0.3 is 10.1 Å². The van der Waals surface area contributed by atoms with Gasteiger partial charge in [0.25, 0.3) is 0 Å². The molecule has 2 N–H and O–H groups in total. The maximum atomic E-state index is 13.2. The number of hydrogen-bond donors (Lipinski definition) is 2. The molecule has 0 amide bonds. The van der Waals surface area contributed by atoms with Gasteiger partial charge in [0.1, 0.15) is 10.7 Å². The summed E-state index contributed by atoms with van der Waals surface area (Å²) in [4.78, 5) is 7.89. The molecule has 1 aromatic heterocycles. The van der Waals surface area contributed by atoms with Gasteiger partial charge in [0, 0.05) is 30.4 Å². The van der Waals surface area contributed by atoms with Crippen LogP contribution in [0.15, 0.2) is 53.6 Å². The first-order chi connectivity index (χ1) is 15.1. The van der Waals surface area contributed by atoms with Gasteiger partial charge in [0.05, 0.1) is 16.8 Å². The van der Waals surface area contributed by atoms with Gasteiger partial charge in [0.2, 0.25) is 10.0 Å². The Hall–Kier alpha value is -2.19. The molecule has 3 aromatic rings. The van der Waals surface area contributed by atoms with E-state index in [0.29, 0.717) is 24.2 Å². The van der Waals surface area contributed by atoms with Gasteiger partial charge in [-0.15, -0.1) is 0 Å². The number of piperidine rings is 1. The molecule has 1 fully saturated rings. The van der Waals surface area contributed by atoms with Crippen LogP contribution in [0.2, 0.25) is 5.02 Å². The maximum absolute atomic E-state index is 13.2. The number of benzene rings is 2. The minimum absolute atomic E-state index is 0.0561. The zero-order valence-corrected chi connectivity index (χ0v) is 20.0. The Balaban J connectivity index is 1.63. The third kappa shape index (κ3) is 4.62. The summed E-state index contributed by atoms with van der Waals surface area (Å²) in [6, 6.07) is 13.2. The van der Waals surface area contributed by atoms with Crippen LogP contribution in [0.3, 0.4) is 0 Å². The Morgan fingerprint density at radius 1 is 1.06 bits per heavy atom. The average molecular weight is 474 g/mol. The molecule has 8 heteroatoms. The molecule has 1 saturated heterocycles. The van der Waals surface area contributed by atoms with Crippen LogP contribution in [-0.4, -0.2) is 47.0 Å². The van der Waals surface area contributed by atoms with Crippen molar-refractivity contribution in [3.8, 4) is 22.6 Å². The number of nitrogens with zero attached hydrogens (tertiary/aromatic N) is 2. The highest BCUT2D eigenvalue weighted by atomic mass is 35.5. The van der Waals surface area contributed by atoms with E-state index >= 15 is 0 Å². The first-order valence-electron chi connectivity index (χ1n) is 10.7. The van der Waals surface area contributed by atoms with Gasteiger partial charge in [-0.05, 0) is 42.0 Å². The zero-order chi connectivity index (χ0) is 23.1. The van der Waals surface area contributed by atoms with E-state index < -0.39 is 16.1 Å². The minimum atomic E-state index is -3.76. The molecule has 1 aliphatic heterocycles. The Kier molecular flexibility index (Phi) is 6.20. The molecule has 1 aliphatic rings. The first-order valence-corrected chi connectivity index (χ1v) is 12.5. The smallest absolute Gasteiger partial charge is 0.244 e. The number of aromatic amines is 1. The number of H-pyrrole nitrogens is 1. The van der Waals surface area contributed by atoms with Crippen LogP contribution < -0.4 is 0 Å². The minimum Gasteiger partial charge on any atom is -0.393 e. The lowest BCUT2D eigenvalue weighted by Gasteiger charge is -2.29. The molecule has 0 aliphatic carbocycles. The SMILES string of the molecule is CC(C)(C)c1ccc(-c2c[nH]c(-c3ccc(Cl)c(S(=O)(=O)N4CCC(O)CC4)c3)n2)cc1. The predicted molar refractivity (Wildman–Crippen MR) is 127 cm³/mol. The molecule has 0 saturated carbocycles. The molecule has 0 bridgehead atoms.